The molecule has 2 aromatic carbocycles. The molecule has 0 amide bonds. The highest BCUT2D eigenvalue weighted by Gasteiger charge is 2.15. The average molecular weight is 416 g/mol. The van der Waals surface area contributed by atoms with Crippen molar-refractivity contribution in [3.8, 4) is 11.5 Å². The molecule has 0 heterocycles. The Kier molecular flexibility index (Phi) is 8.74. The summed E-state index contributed by atoms with van der Waals surface area (Å²) >= 11 is 6.16. The molecule has 0 fully saturated rings. The van der Waals surface area contributed by atoms with Gasteiger partial charge in [0.25, 0.3) is 0 Å². The van der Waals surface area contributed by atoms with E-state index in [4.69, 9.17) is 21.1 Å². The van der Waals surface area contributed by atoms with Crippen LogP contribution in [0.2, 0.25) is 5.02 Å². The number of hydrogen-bond acceptors (Lipinski definition) is 4. The number of hydrogen-bond donors (Lipinski definition) is 0. The molecule has 0 atom stereocenters. The molecular weight excluding hydrogens is 386 g/mol. The first-order valence-electron chi connectivity index (χ1n) is 9.91. The number of carbonyl (C=O) groups is 1. The van der Waals surface area contributed by atoms with E-state index < -0.39 is 0 Å². The Morgan fingerprint density at radius 1 is 1.03 bits per heavy atom. The Hall–Kier alpha value is -2.30. The quantitative estimate of drug-likeness (QED) is 0.360. The van der Waals surface area contributed by atoms with Crippen molar-refractivity contribution in [3.05, 3.63) is 64.9 Å². The molecule has 0 saturated carbocycles. The summed E-state index contributed by atoms with van der Waals surface area (Å²) in [5, 5.41) is 0.515. The summed E-state index contributed by atoms with van der Waals surface area (Å²) in [5.41, 5.74) is 0.881. The molecule has 0 spiro atoms. The second-order valence-corrected chi connectivity index (χ2v) is 7.88. The minimum absolute atomic E-state index is 0.175. The maximum absolute atomic E-state index is 12.1. The lowest BCUT2D eigenvalue weighted by atomic mass is 10.2. The first-order chi connectivity index (χ1) is 13.8. The van der Waals surface area contributed by atoms with Crippen molar-refractivity contribution in [1.29, 1.82) is 0 Å². The van der Waals surface area contributed by atoms with Gasteiger partial charge in [-0.1, -0.05) is 41.9 Å². The largest absolute Gasteiger partial charge is 0.488 e. The van der Waals surface area contributed by atoms with Crippen LogP contribution in [0.15, 0.2) is 54.3 Å². The Balaban J connectivity index is 2.18. The zero-order valence-electron chi connectivity index (χ0n) is 17.8. The van der Waals surface area contributed by atoms with E-state index in [1.165, 1.54) is 6.92 Å². The molecule has 0 aliphatic heterocycles. The Labute approximate surface area is 179 Å². The number of carbonyl (C=O) groups excluding carboxylic acids is 1. The molecule has 4 nitrogen and oxygen atoms in total. The van der Waals surface area contributed by atoms with Gasteiger partial charge in [-0.15, -0.1) is 0 Å². The van der Waals surface area contributed by atoms with Gasteiger partial charge in [-0.25, -0.2) is 0 Å². The first-order valence-corrected chi connectivity index (χ1v) is 10.3. The van der Waals surface area contributed by atoms with Gasteiger partial charge in [0, 0.05) is 36.6 Å². The van der Waals surface area contributed by atoms with Gasteiger partial charge in [0.2, 0.25) is 0 Å². The van der Waals surface area contributed by atoms with E-state index in [0.29, 0.717) is 35.2 Å². The molecule has 0 saturated heterocycles. The molecule has 0 aliphatic rings. The van der Waals surface area contributed by atoms with Crippen molar-refractivity contribution < 1.29 is 14.3 Å². The van der Waals surface area contributed by atoms with Crippen LogP contribution in [0, 0.1) is 0 Å². The molecule has 29 heavy (non-hydrogen) atoms. The normalized spacial score (nSPS) is 12.0. The highest BCUT2D eigenvalue weighted by atomic mass is 35.5. The summed E-state index contributed by atoms with van der Waals surface area (Å²) < 4.78 is 11.9. The minimum Gasteiger partial charge on any atom is -0.488 e. The van der Waals surface area contributed by atoms with Gasteiger partial charge in [0.05, 0.1) is 0 Å². The summed E-state index contributed by atoms with van der Waals surface area (Å²) in [6.45, 7) is 11.5. The van der Waals surface area contributed by atoms with Crippen LogP contribution in [-0.2, 0) is 4.79 Å². The number of ketones is 1. The van der Waals surface area contributed by atoms with Gasteiger partial charge in [-0.2, -0.15) is 0 Å². The van der Waals surface area contributed by atoms with Crippen LogP contribution in [0.5, 0.6) is 11.5 Å². The molecule has 0 aromatic heterocycles. The summed E-state index contributed by atoms with van der Waals surface area (Å²) in [5.74, 6) is 1.04. The van der Waals surface area contributed by atoms with E-state index in [-0.39, 0.29) is 11.5 Å². The van der Waals surface area contributed by atoms with Crippen molar-refractivity contribution in [2.24, 2.45) is 0 Å². The van der Waals surface area contributed by atoms with Crippen LogP contribution in [0.1, 0.15) is 40.2 Å². The first kappa shape index (κ1) is 23.0. The summed E-state index contributed by atoms with van der Waals surface area (Å²) in [7, 11) is 0. The summed E-state index contributed by atoms with van der Waals surface area (Å²) in [6, 6.07) is 15.6. The molecule has 0 radical (unpaired) electrons. The predicted octanol–water partition coefficient (Wildman–Crippen LogP) is 5.85. The van der Waals surface area contributed by atoms with E-state index >= 15 is 0 Å². The highest BCUT2D eigenvalue weighted by Crippen LogP contribution is 2.32. The Bertz CT molecular complexity index is 823. The maximum atomic E-state index is 12.1. The summed E-state index contributed by atoms with van der Waals surface area (Å²) in [4.78, 5) is 14.5. The monoisotopic (exact) mass is 415 g/mol. The lowest BCUT2D eigenvalue weighted by Gasteiger charge is -2.30. The number of Topliss-reactive ketones (excluding diaryl/α,β-unsaturated/α-hetero) is 1. The lowest BCUT2D eigenvalue weighted by molar-refractivity contribution is -0.115. The van der Waals surface area contributed by atoms with Crippen LogP contribution >= 0.6 is 11.6 Å². The fourth-order valence-corrected chi connectivity index (χ4v) is 3.24. The van der Waals surface area contributed by atoms with Gasteiger partial charge in [-0.3, -0.25) is 9.69 Å². The van der Waals surface area contributed by atoms with Crippen molar-refractivity contribution in [3.63, 3.8) is 0 Å². The number of nitrogens with zero attached hydrogens (tertiary/aromatic N) is 1. The van der Waals surface area contributed by atoms with Crippen LogP contribution in [0.4, 0.5) is 0 Å². The molecular formula is C24H30ClNO3. The third-order valence-electron chi connectivity index (χ3n) is 4.50. The molecule has 2 aromatic rings. The molecule has 0 aliphatic carbocycles. The lowest BCUT2D eigenvalue weighted by Crippen LogP contribution is -2.39. The molecule has 0 bridgehead atoms. The van der Waals surface area contributed by atoms with Gasteiger partial charge in [-0.05, 0) is 51.5 Å². The zero-order chi connectivity index (χ0) is 21.4. The second kappa shape index (κ2) is 11.0. The minimum atomic E-state index is -0.175. The smallest absolute Gasteiger partial charge is 0.194 e. The third-order valence-corrected chi connectivity index (χ3v) is 4.74. The predicted molar refractivity (Wildman–Crippen MR) is 120 cm³/mol. The topological polar surface area (TPSA) is 38.8 Å². The van der Waals surface area contributed by atoms with Crippen LogP contribution in [-0.4, -0.2) is 35.9 Å². The average Bonchev–Trinajstić information content (AvgIpc) is 2.66. The van der Waals surface area contributed by atoms with E-state index in [9.17, 15) is 4.79 Å². The Morgan fingerprint density at radius 3 is 2.28 bits per heavy atom. The van der Waals surface area contributed by atoms with E-state index in [1.54, 1.807) is 24.3 Å². The number of rotatable bonds is 10. The van der Waals surface area contributed by atoms with Crippen molar-refractivity contribution in [2.75, 3.05) is 13.2 Å². The van der Waals surface area contributed by atoms with Crippen molar-refractivity contribution >= 4 is 23.5 Å². The summed E-state index contributed by atoms with van der Waals surface area (Å²) in [6.07, 6.45) is 1.71. The van der Waals surface area contributed by atoms with Crippen LogP contribution in [0.3, 0.4) is 0 Å². The van der Waals surface area contributed by atoms with E-state index in [1.807, 2.05) is 30.3 Å². The van der Waals surface area contributed by atoms with Gasteiger partial charge in [0.15, 0.2) is 23.0 Å². The number of ether oxygens (including phenoxy) is 2. The molecule has 0 N–H and O–H groups in total. The maximum Gasteiger partial charge on any atom is 0.194 e. The van der Waals surface area contributed by atoms with Gasteiger partial charge < -0.3 is 9.47 Å². The van der Waals surface area contributed by atoms with Gasteiger partial charge in [0.1, 0.15) is 6.61 Å². The van der Waals surface area contributed by atoms with Crippen LogP contribution < -0.4 is 9.47 Å². The fraction of sp³-hybridized carbons (Fsp3) is 0.375. The molecule has 0 unspecified atom stereocenters. The second-order valence-electron chi connectivity index (χ2n) is 7.44. The van der Waals surface area contributed by atoms with E-state index in [2.05, 4.69) is 32.6 Å². The van der Waals surface area contributed by atoms with E-state index in [0.717, 1.165) is 12.1 Å². The third kappa shape index (κ3) is 7.22. The molecule has 156 valence electrons. The van der Waals surface area contributed by atoms with Crippen molar-refractivity contribution in [2.45, 2.75) is 46.7 Å². The fourth-order valence-electron chi connectivity index (χ4n) is 3.08. The van der Waals surface area contributed by atoms with Crippen molar-refractivity contribution in [1.82, 2.24) is 4.90 Å². The highest BCUT2D eigenvalue weighted by molar-refractivity contribution is 6.30. The molecule has 5 heteroatoms. The SMILES string of the molecule is CC(=O)/C(=C\c1ccccc1)Oc1cc(Cl)ccc1OCCN(C(C)C)C(C)C. The van der Waals surface area contributed by atoms with Crippen LogP contribution in [0.25, 0.3) is 6.08 Å². The standard InChI is InChI=1S/C24H30ClNO3/c1-17(2)26(18(3)4)13-14-28-22-12-11-21(25)16-24(22)29-23(19(5)27)15-20-9-7-6-8-10-20/h6-12,15-18H,13-14H2,1-5H3/b23-15+. The zero-order valence-corrected chi connectivity index (χ0v) is 18.6. The number of allylic oxidation sites excluding steroid dienone is 1. The number of halogens is 1. The Morgan fingerprint density at radius 2 is 1.69 bits per heavy atom. The number of benzene rings is 2. The van der Waals surface area contributed by atoms with Gasteiger partial charge >= 0.3 is 0 Å². The molecule has 2 rings (SSSR count).